The molecule has 0 bridgehead atoms. The van der Waals surface area contributed by atoms with Gasteiger partial charge in [0.25, 0.3) is 5.91 Å². The monoisotopic (exact) mass is 480 g/mol. The summed E-state index contributed by atoms with van der Waals surface area (Å²) in [5.41, 5.74) is 7.89. The number of aliphatic imine (C=N–C) groups is 1. The smallest absolute Gasteiger partial charge is 0.259 e. The summed E-state index contributed by atoms with van der Waals surface area (Å²) >= 11 is 0. The van der Waals surface area contributed by atoms with E-state index in [-0.39, 0.29) is 23.3 Å². The second-order valence-corrected chi connectivity index (χ2v) is 8.52. The molecule has 11 heteroatoms. The van der Waals surface area contributed by atoms with Crippen LogP contribution in [-0.4, -0.2) is 53.2 Å². The van der Waals surface area contributed by atoms with Gasteiger partial charge in [0.15, 0.2) is 5.84 Å². The van der Waals surface area contributed by atoms with Crippen molar-refractivity contribution in [3.63, 3.8) is 0 Å². The molecule has 1 atom stereocenters. The molecule has 2 fully saturated rings. The molecule has 10 nitrogen and oxygen atoms in total. The topological polar surface area (TPSA) is 157 Å². The Morgan fingerprint density at radius 3 is 2.74 bits per heavy atom. The number of ether oxygens (including phenoxy) is 1. The number of amides is 1. The van der Waals surface area contributed by atoms with Gasteiger partial charge in [0.1, 0.15) is 17.3 Å². The maximum atomic E-state index is 14.8. The molecule has 1 aromatic heterocycles. The lowest BCUT2D eigenvalue weighted by Gasteiger charge is -2.25. The van der Waals surface area contributed by atoms with Crippen molar-refractivity contribution in [2.45, 2.75) is 38.3 Å². The normalized spacial score (nSPS) is 18.8. The number of benzene rings is 1. The van der Waals surface area contributed by atoms with Crippen molar-refractivity contribution in [2.24, 2.45) is 27.5 Å². The van der Waals surface area contributed by atoms with E-state index in [2.05, 4.69) is 20.4 Å². The largest absolute Gasteiger partial charge is 0.404 e. The minimum atomic E-state index is -0.663. The SMILES string of the molecule is Cc1cc(F)c(C(=O)Nc2cccc(/C(=N/N)N(N)C3CCOC3)n2)cc1/C(C=NC1CC1)=C/N. The highest BCUT2D eigenvalue weighted by Crippen LogP contribution is 2.26. The van der Waals surface area contributed by atoms with Crippen molar-refractivity contribution < 1.29 is 13.9 Å². The number of hydrazone groups is 1. The highest BCUT2D eigenvalue weighted by molar-refractivity contribution is 6.12. The van der Waals surface area contributed by atoms with E-state index in [1.54, 1.807) is 31.3 Å². The fourth-order valence-corrected chi connectivity index (χ4v) is 3.76. The van der Waals surface area contributed by atoms with Gasteiger partial charge in [-0.15, -0.1) is 0 Å². The molecule has 1 aliphatic heterocycles. The van der Waals surface area contributed by atoms with Crippen LogP contribution in [0.1, 0.15) is 46.4 Å². The molecule has 2 heterocycles. The minimum Gasteiger partial charge on any atom is -0.404 e. The highest BCUT2D eigenvalue weighted by Gasteiger charge is 2.26. The first kappa shape index (κ1) is 24.3. The number of carbonyl (C=O) groups excluding carboxylic acids is 1. The van der Waals surface area contributed by atoms with Crippen molar-refractivity contribution >= 4 is 29.3 Å². The summed E-state index contributed by atoms with van der Waals surface area (Å²) in [4.78, 5) is 21.8. The lowest BCUT2D eigenvalue weighted by Crippen LogP contribution is -2.47. The van der Waals surface area contributed by atoms with Crippen LogP contribution < -0.4 is 22.7 Å². The number of carbonyl (C=O) groups is 1. The highest BCUT2D eigenvalue weighted by atomic mass is 19.1. The number of hydrazine groups is 1. The number of anilines is 1. The zero-order chi connectivity index (χ0) is 24.9. The molecule has 7 N–H and O–H groups in total. The predicted molar refractivity (Wildman–Crippen MR) is 133 cm³/mol. The van der Waals surface area contributed by atoms with Crippen LogP contribution in [-0.2, 0) is 4.74 Å². The maximum absolute atomic E-state index is 14.8. The third kappa shape index (κ3) is 5.64. The molecule has 2 aromatic rings. The molecule has 2 aliphatic rings. The summed E-state index contributed by atoms with van der Waals surface area (Å²) in [7, 11) is 0. The predicted octanol–water partition coefficient (Wildman–Crippen LogP) is 1.90. The first-order chi connectivity index (χ1) is 16.9. The van der Waals surface area contributed by atoms with Gasteiger partial charge in [-0.3, -0.25) is 14.8 Å². The van der Waals surface area contributed by atoms with Gasteiger partial charge >= 0.3 is 0 Å². The first-order valence-electron chi connectivity index (χ1n) is 11.3. The van der Waals surface area contributed by atoms with E-state index in [4.69, 9.17) is 22.2 Å². The molecule has 184 valence electrons. The number of aryl methyl sites for hydroxylation is 1. The molecule has 1 aliphatic carbocycles. The molecule has 1 amide bonds. The number of allylic oxidation sites excluding steroid dienone is 1. The number of hydrogen-bond acceptors (Lipinski definition) is 8. The van der Waals surface area contributed by atoms with Gasteiger partial charge in [-0.2, -0.15) is 5.10 Å². The zero-order valence-electron chi connectivity index (χ0n) is 19.4. The maximum Gasteiger partial charge on any atom is 0.259 e. The van der Waals surface area contributed by atoms with E-state index < -0.39 is 11.7 Å². The van der Waals surface area contributed by atoms with E-state index in [0.717, 1.165) is 19.3 Å². The average Bonchev–Trinajstić information content (AvgIpc) is 3.50. The number of aromatic nitrogens is 1. The van der Waals surface area contributed by atoms with Gasteiger partial charge in [0.05, 0.1) is 24.3 Å². The Morgan fingerprint density at radius 1 is 1.29 bits per heavy atom. The Kier molecular flexibility index (Phi) is 7.37. The van der Waals surface area contributed by atoms with Crippen molar-refractivity contribution in [2.75, 3.05) is 18.5 Å². The molecule has 1 saturated carbocycles. The van der Waals surface area contributed by atoms with Gasteiger partial charge in [0, 0.05) is 24.6 Å². The number of halogens is 1. The van der Waals surface area contributed by atoms with Crippen molar-refractivity contribution in [1.82, 2.24) is 9.99 Å². The molecule has 0 radical (unpaired) electrons. The second kappa shape index (κ2) is 10.6. The number of amidine groups is 1. The Balaban J connectivity index is 1.56. The minimum absolute atomic E-state index is 0.0920. The lowest BCUT2D eigenvalue weighted by molar-refractivity contribution is 0.102. The number of nitrogens with one attached hydrogen (secondary N) is 1. The van der Waals surface area contributed by atoms with Gasteiger partial charge in [0.2, 0.25) is 0 Å². The fourth-order valence-electron chi connectivity index (χ4n) is 3.76. The summed E-state index contributed by atoms with van der Waals surface area (Å²) in [6.07, 6.45) is 5.89. The second-order valence-electron chi connectivity index (χ2n) is 8.52. The number of nitrogens with two attached hydrogens (primary N) is 3. The summed E-state index contributed by atoms with van der Waals surface area (Å²) in [5, 5.41) is 7.83. The fraction of sp³-hybridized carbons (Fsp3) is 0.333. The number of nitrogens with zero attached hydrogens (tertiary/aromatic N) is 4. The van der Waals surface area contributed by atoms with Crippen LogP contribution in [0.3, 0.4) is 0 Å². The first-order valence-corrected chi connectivity index (χ1v) is 11.3. The van der Waals surface area contributed by atoms with E-state index in [9.17, 15) is 9.18 Å². The van der Waals surface area contributed by atoms with Crippen molar-refractivity contribution in [3.05, 3.63) is 64.7 Å². The van der Waals surface area contributed by atoms with Crippen LogP contribution in [0.25, 0.3) is 5.57 Å². The molecule has 0 spiro atoms. The van der Waals surface area contributed by atoms with Crippen LogP contribution in [0.5, 0.6) is 0 Å². The Morgan fingerprint density at radius 2 is 2.09 bits per heavy atom. The molecular formula is C24H29FN8O2. The lowest BCUT2D eigenvalue weighted by atomic mass is 9.98. The Hall–Kier alpha value is -3.83. The molecule has 1 unspecified atom stereocenters. The van der Waals surface area contributed by atoms with Crippen molar-refractivity contribution in [1.29, 1.82) is 0 Å². The van der Waals surface area contributed by atoms with Gasteiger partial charge in [-0.25, -0.2) is 15.2 Å². The van der Waals surface area contributed by atoms with Gasteiger partial charge in [-0.1, -0.05) is 6.07 Å². The van der Waals surface area contributed by atoms with Crippen LogP contribution in [0.15, 0.2) is 46.6 Å². The molecular weight excluding hydrogens is 451 g/mol. The van der Waals surface area contributed by atoms with E-state index in [0.29, 0.717) is 41.6 Å². The summed E-state index contributed by atoms with van der Waals surface area (Å²) in [6.45, 7) is 2.80. The van der Waals surface area contributed by atoms with Crippen molar-refractivity contribution in [3.8, 4) is 0 Å². The molecule has 1 aromatic carbocycles. The zero-order valence-corrected chi connectivity index (χ0v) is 19.4. The van der Waals surface area contributed by atoms with Crippen LogP contribution in [0, 0.1) is 12.7 Å². The molecule has 1 saturated heterocycles. The van der Waals surface area contributed by atoms with Crippen LogP contribution in [0.4, 0.5) is 10.2 Å². The Bertz CT molecular complexity index is 1190. The van der Waals surface area contributed by atoms with Crippen LogP contribution >= 0.6 is 0 Å². The Labute approximate surface area is 202 Å². The number of hydrogen-bond donors (Lipinski definition) is 4. The number of rotatable bonds is 7. The molecule has 4 rings (SSSR count). The quantitative estimate of drug-likeness (QED) is 0.204. The van der Waals surface area contributed by atoms with E-state index in [1.165, 1.54) is 23.3 Å². The molecule has 35 heavy (non-hydrogen) atoms. The van der Waals surface area contributed by atoms with E-state index in [1.807, 2.05) is 0 Å². The third-order valence-corrected chi connectivity index (χ3v) is 5.91. The summed E-state index contributed by atoms with van der Waals surface area (Å²) in [6, 6.07) is 7.90. The van der Waals surface area contributed by atoms with Gasteiger partial charge in [-0.05, 0) is 61.6 Å². The van der Waals surface area contributed by atoms with Gasteiger partial charge < -0.3 is 21.6 Å². The summed E-state index contributed by atoms with van der Waals surface area (Å²) in [5.74, 6) is 10.9. The number of pyridine rings is 1. The summed E-state index contributed by atoms with van der Waals surface area (Å²) < 4.78 is 20.1. The average molecular weight is 481 g/mol. The van der Waals surface area contributed by atoms with E-state index >= 15 is 0 Å². The van der Waals surface area contributed by atoms with Crippen LogP contribution in [0.2, 0.25) is 0 Å². The standard InChI is InChI=1S/C24H29FN8O2/c1-14-9-20(25)19(10-18(14)15(11-26)12-29-16-5-6-16)24(34)31-22-4-2-3-21(30-22)23(32-27)33(28)17-7-8-35-13-17/h2-4,9-12,16-17H,5-8,13,26-28H2,1H3,(H,30,31,34)/b15-11+,29-12?,32-23-. The third-order valence-electron chi connectivity index (χ3n) is 5.91.